The Morgan fingerprint density at radius 1 is 1.35 bits per heavy atom. The Hall–Kier alpha value is -1.96. The van der Waals surface area contributed by atoms with E-state index in [4.69, 9.17) is 18.1 Å². The van der Waals surface area contributed by atoms with Crippen molar-refractivity contribution in [2.45, 2.75) is 6.61 Å². The Morgan fingerprint density at radius 2 is 2.00 bits per heavy atom. The first-order chi connectivity index (χ1) is 8.08. The molecule has 5 nitrogen and oxygen atoms in total. The molecule has 0 radical (unpaired) electrons. The molecule has 2 aromatic rings. The van der Waals surface area contributed by atoms with Gasteiger partial charge in [-0.05, 0) is 36.5 Å². The third-order valence-electron chi connectivity index (χ3n) is 2.04. The molecule has 1 aromatic carbocycles. The van der Waals surface area contributed by atoms with E-state index in [-0.39, 0.29) is 10.5 Å². The molecule has 0 aliphatic heterocycles. The van der Waals surface area contributed by atoms with Crippen molar-refractivity contribution >= 4 is 12.2 Å². The zero-order valence-corrected chi connectivity index (χ0v) is 9.25. The average Bonchev–Trinajstić information content (AvgIpc) is 2.60. The maximum atomic E-state index is 11.9. The number of H-pyrrole nitrogens is 1. The van der Waals surface area contributed by atoms with Gasteiger partial charge in [-0.15, -0.1) is 0 Å². The monoisotopic (exact) mass is 258 g/mol. The summed E-state index contributed by atoms with van der Waals surface area (Å²) in [6.45, 7) is -2.84. The summed E-state index contributed by atoms with van der Waals surface area (Å²) in [5, 5.41) is 6.43. The second-order valence-corrected chi connectivity index (χ2v) is 3.51. The quantitative estimate of drug-likeness (QED) is 0.652. The van der Waals surface area contributed by atoms with E-state index in [9.17, 15) is 8.78 Å². The molecule has 0 amide bonds. The number of aromatic amines is 1. The van der Waals surface area contributed by atoms with E-state index >= 15 is 0 Å². The fourth-order valence-electron chi connectivity index (χ4n) is 1.29. The van der Waals surface area contributed by atoms with Gasteiger partial charge in [0.1, 0.15) is 5.75 Å². The van der Waals surface area contributed by atoms with Crippen LogP contribution in [0.3, 0.4) is 0 Å². The molecular weight excluding hydrogens is 250 g/mol. The molecule has 0 saturated heterocycles. The van der Waals surface area contributed by atoms with Gasteiger partial charge in [-0.2, -0.15) is 13.9 Å². The van der Waals surface area contributed by atoms with Crippen molar-refractivity contribution in [2.75, 3.05) is 5.84 Å². The first-order valence-electron chi connectivity index (χ1n) is 4.55. The summed E-state index contributed by atoms with van der Waals surface area (Å²) in [5.74, 6) is 6.11. The van der Waals surface area contributed by atoms with Crippen molar-refractivity contribution in [3.05, 3.63) is 29.0 Å². The maximum absolute atomic E-state index is 11.9. The van der Waals surface area contributed by atoms with Crippen LogP contribution in [-0.4, -0.2) is 21.5 Å². The third kappa shape index (κ3) is 2.41. The molecule has 0 aliphatic rings. The number of nitrogens with one attached hydrogen (secondary N) is 1. The number of alkyl halides is 2. The summed E-state index contributed by atoms with van der Waals surface area (Å²) in [5.41, 5.74) is 0.640. The maximum Gasteiger partial charge on any atom is 0.387 e. The van der Waals surface area contributed by atoms with Crippen molar-refractivity contribution in [1.82, 2.24) is 14.9 Å². The number of hydrogen-bond donors (Lipinski definition) is 2. The molecule has 17 heavy (non-hydrogen) atoms. The van der Waals surface area contributed by atoms with Gasteiger partial charge in [0, 0.05) is 5.56 Å². The highest BCUT2D eigenvalue weighted by molar-refractivity contribution is 7.71. The van der Waals surface area contributed by atoms with Crippen LogP contribution in [0.2, 0.25) is 0 Å². The molecule has 3 N–H and O–H groups in total. The predicted octanol–water partition coefficient (Wildman–Crippen LogP) is 1.92. The largest absolute Gasteiger partial charge is 0.435 e. The van der Waals surface area contributed by atoms with E-state index < -0.39 is 6.61 Å². The minimum atomic E-state index is -2.84. The average molecular weight is 258 g/mol. The number of nitrogens with two attached hydrogens (primary N) is 1. The minimum Gasteiger partial charge on any atom is -0.435 e. The minimum absolute atomic E-state index is 0.0708. The van der Waals surface area contributed by atoms with E-state index in [1.165, 1.54) is 16.8 Å². The number of nitrogens with zero attached hydrogens (tertiary/aromatic N) is 2. The van der Waals surface area contributed by atoms with Crippen molar-refractivity contribution < 1.29 is 13.5 Å². The van der Waals surface area contributed by atoms with Crippen LogP contribution in [0.1, 0.15) is 0 Å². The molecule has 0 aliphatic carbocycles. The summed E-state index contributed by atoms with van der Waals surface area (Å²) in [7, 11) is 0. The summed E-state index contributed by atoms with van der Waals surface area (Å²) < 4.78 is 29.6. The first-order valence-corrected chi connectivity index (χ1v) is 4.96. The van der Waals surface area contributed by atoms with Gasteiger partial charge in [0.15, 0.2) is 5.82 Å². The molecule has 0 spiro atoms. The Morgan fingerprint density at radius 3 is 2.47 bits per heavy atom. The molecule has 1 aromatic heterocycles. The van der Waals surface area contributed by atoms with Gasteiger partial charge in [-0.1, -0.05) is 0 Å². The van der Waals surface area contributed by atoms with E-state index in [0.29, 0.717) is 11.4 Å². The lowest BCUT2D eigenvalue weighted by atomic mass is 10.2. The van der Waals surface area contributed by atoms with Crippen LogP contribution in [0.5, 0.6) is 5.75 Å². The molecule has 0 unspecified atom stereocenters. The highest BCUT2D eigenvalue weighted by atomic mass is 32.1. The molecule has 90 valence electrons. The van der Waals surface area contributed by atoms with Crippen LogP contribution in [-0.2, 0) is 0 Å². The van der Waals surface area contributed by atoms with E-state index in [2.05, 4.69) is 14.9 Å². The summed E-state index contributed by atoms with van der Waals surface area (Å²) in [6, 6.07) is 5.93. The van der Waals surface area contributed by atoms with Crippen molar-refractivity contribution in [2.24, 2.45) is 0 Å². The number of nitrogen functional groups attached to an aromatic ring is 1. The molecular formula is C9H8F2N4OS. The number of rotatable bonds is 3. The summed E-state index contributed by atoms with van der Waals surface area (Å²) in [4.78, 5) is 0. The fraction of sp³-hybridized carbons (Fsp3) is 0.111. The zero-order valence-electron chi connectivity index (χ0n) is 8.43. The van der Waals surface area contributed by atoms with Gasteiger partial charge >= 0.3 is 6.61 Å². The second-order valence-electron chi connectivity index (χ2n) is 3.13. The van der Waals surface area contributed by atoms with Crippen LogP contribution in [0.25, 0.3) is 11.4 Å². The van der Waals surface area contributed by atoms with E-state index in [1.807, 2.05) is 0 Å². The topological polar surface area (TPSA) is 68.9 Å². The Balaban J connectivity index is 2.29. The Labute approximate surface area is 99.8 Å². The lowest BCUT2D eigenvalue weighted by Gasteiger charge is -2.05. The predicted molar refractivity (Wildman–Crippen MR) is 59.6 cm³/mol. The van der Waals surface area contributed by atoms with Gasteiger partial charge in [0.05, 0.1) is 0 Å². The molecule has 8 heteroatoms. The van der Waals surface area contributed by atoms with Gasteiger partial charge in [0.25, 0.3) is 0 Å². The smallest absolute Gasteiger partial charge is 0.387 e. The number of aromatic nitrogens is 3. The molecule has 0 bridgehead atoms. The van der Waals surface area contributed by atoms with E-state index in [0.717, 1.165) is 0 Å². The zero-order chi connectivity index (χ0) is 12.4. The second kappa shape index (κ2) is 4.50. The normalized spacial score (nSPS) is 10.8. The van der Waals surface area contributed by atoms with Crippen LogP contribution in [0.4, 0.5) is 8.78 Å². The SMILES string of the molecule is Nn1c(-c2ccc(OC(F)F)cc2)n[nH]c1=S. The summed E-state index contributed by atoms with van der Waals surface area (Å²) >= 11 is 4.85. The number of hydrogen-bond acceptors (Lipinski definition) is 4. The molecule has 0 atom stereocenters. The van der Waals surface area contributed by atoms with Crippen LogP contribution in [0, 0.1) is 4.77 Å². The number of ether oxygens (including phenoxy) is 1. The lowest BCUT2D eigenvalue weighted by Crippen LogP contribution is -2.09. The molecule has 2 rings (SSSR count). The number of halogens is 2. The van der Waals surface area contributed by atoms with Crippen LogP contribution >= 0.6 is 12.2 Å². The highest BCUT2D eigenvalue weighted by Crippen LogP contribution is 2.20. The van der Waals surface area contributed by atoms with Crippen molar-refractivity contribution in [3.63, 3.8) is 0 Å². The van der Waals surface area contributed by atoms with E-state index in [1.54, 1.807) is 12.1 Å². The molecule has 1 heterocycles. The third-order valence-corrected chi connectivity index (χ3v) is 2.33. The van der Waals surface area contributed by atoms with Gasteiger partial charge in [-0.3, -0.25) is 0 Å². The Bertz CT molecular complexity index is 563. The lowest BCUT2D eigenvalue weighted by molar-refractivity contribution is -0.0498. The number of benzene rings is 1. The van der Waals surface area contributed by atoms with Crippen LogP contribution < -0.4 is 10.6 Å². The Kier molecular flexibility index (Phi) is 3.05. The highest BCUT2D eigenvalue weighted by Gasteiger charge is 2.08. The fourth-order valence-corrected chi connectivity index (χ4v) is 1.43. The molecule has 0 saturated carbocycles. The standard InChI is InChI=1S/C9H8F2N4OS/c10-8(11)16-6-3-1-5(2-4-6)7-13-14-9(17)15(7)12/h1-4,8H,12H2,(H,14,17). The summed E-state index contributed by atoms with van der Waals surface area (Å²) in [6.07, 6.45) is 0. The van der Waals surface area contributed by atoms with Crippen molar-refractivity contribution in [3.8, 4) is 17.1 Å². The van der Waals surface area contributed by atoms with Gasteiger partial charge < -0.3 is 10.6 Å². The first kappa shape index (κ1) is 11.5. The van der Waals surface area contributed by atoms with Crippen molar-refractivity contribution in [1.29, 1.82) is 0 Å². The van der Waals surface area contributed by atoms with Gasteiger partial charge in [-0.25, -0.2) is 9.77 Å². The van der Waals surface area contributed by atoms with Gasteiger partial charge in [0.2, 0.25) is 4.77 Å². The van der Waals surface area contributed by atoms with Crippen LogP contribution in [0.15, 0.2) is 24.3 Å². The molecule has 0 fully saturated rings.